The third kappa shape index (κ3) is 3.23. The number of hydrogen-bond donors (Lipinski definition) is 0. The second-order valence-corrected chi connectivity index (χ2v) is 7.10. The number of aromatic nitrogens is 2. The smallest absolute Gasteiger partial charge is 0.129 e. The fraction of sp³-hybridized carbons (Fsp3) is 0.476. The zero-order valence-electron chi connectivity index (χ0n) is 15.6. The molecule has 0 radical (unpaired) electrons. The minimum absolute atomic E-state index is 0.495. The van der Waals surface area contributed by atoms with Crippen LogP contribution in [0.3, 0.4) is 0 Å². The molecule has 4 rings (SSSR count). The summed E-state index contributed by atoms with van der Waals surface area (Å²) in [5.41, 5.74) is 4.50. The molecule has 0 saturated carbocycles. The number of hydrogen-bond acceptors (Lipinski definition) is 5. The molecule has 26 heavy (non-hydrogen) atoms. The molecule has 2 aliphatic rings. The van der Waals surface area contributed by atoms with Crippen LogP contribution in [-0.2, 0) is 4.74 Å². The average molecular weight is 350 g/mol. The quantitative estimate of drug-likeness (QED) is 0.822. The van der Waals surface area contributed by atoms with Crippen LogP contribution in [0.15, 0.2) is 29.4 Å². The van der Waals surface area contributed by atoms with Crippen molar-refractivity contribution in [2.45, 2.75) is 32.6 Å². The number of morpholine rings is 1. The van der Waals surface area contributed by atoms with Crippen LogP contribution in [0, 0.1) is 0 Å². The molecule has 1 saturated heterocycles. The summed E-state index contributed by atoms with van der Waals surface area (Å²) in [5, 5.41) is 1.22. The summed E-state index contributed by atoms with van der Waals surface area (Å²) < 4.78 is 5.52. The van der Waals surface area contributed by atoms with Crippen LogP contribution in [0.4, 0.5) is 5.82 Å². The van der Waals surface area contributed by atoms with Crippen molar-refractivity contribution in [1.82, 2.24) is 9.97 Å². The van der Waals surface area contributed by atoms with Crippen molar-refractivity contribution < 1.29 is 4.74 Å². The molecule has 2 aliphatic heterocycles. The third-order valence-corrected chi connectivity index (χ3v) is 5.28. The van der Waals surface area contributed by atoms with E-state index < -0.39 is 0 Å². The van der Waals surface area contributed by atoms with Gasteiger partial charge in [-0.25, -0.2) is 4.98 Å². The van der Waals surface area contributed by atoms with Crippen molar-refractivity contribution in [2.75, 3.05) is 37.7 Å². The van der Waals surface area contributed by atoms with Gasteiger partial charge in [-0.05, 0) is 36.1 Å². The van der Waals surface area contributed by atoms with Crippen molar-refractivity contribution in [1.29, 1.82) is 0 Å². The molecule has 0 bridgehead atoms. The van der Waals surface area contributed by atoms with Crippen LogP contribution in [-0.4, -0.2) is 49.0 Å². The number of pyridine rings is 2. The van der Waals surface area contributed by atoms with Crippen molar-refractivity contribution in [3.63, 3.8) is 0 Å². The van der Waals surface area contributed by atoms with Gasteiger partial charge in [-0.3, -0.25) is 9.98 Å². The highest BCUT2D eigenvalue weighted by molar-refractivity contribution is 5.98. The topological polar surface area (TPSA) is 50.6 Å². The Morgan fingerprint density at radius 1 is 1.27 bits per heavy atom. The molecule has 4 heterocycles. The molecular formula is C21H26N4O. The van der Waals surface area contributed by atoms with Gasteiger partial charge < -0.3 is 9.64 Å². The van der Waals surface area contributed by atoms with Crippen LogP contribution in [0.2, 0.25) is 0 Å². The van der Waals surface area contributed by atoms with Crippen LogP contribution < -0.4 is 4.90 Å². The number of rotatable bonds is 5. The number of nitrogens with zero attached hydrogens (tertiary/aromatic N) is 4. The van der Waals surface area contributed by atoms with Gasteiger partial charge in [0.1, 0.15) is 5.82 Å². The Morgan fingerprint density at radius 2 is 2.12 bits per heavy atom. The Morgan fingerprint density at radius 3 is 2.85 bits per heavy atom. The average Bonchev–Trinajstić information content (AvgIpc) is 3.22. The minimum Gasteiger partial charge on any atom is -0.378 e. The van der Waals surface area contributed by atoms with E-state index in [-0.39, 0.29) is 0 Å². The first-order valence-electron chi connectivity index (χ1n) is 9.59. The van der Waals surface area contributed by atoms with Gasteiger partial charge in [0.2, 0.25) is 0 Å². The molecule has 2 aromatic rings. The largest absolute Gasteiger partial charge is 0.378 e. The lowest BCUT2D eigenvalue weighted by molar-refractivity contribution is 0.122. The van der Waals surface area contributed by atoms with Gasteiger partial charge in [-0.1, -0.05) is 20.3 Å². The van der Waals surface area contributed by atoms with Crippen LogP contribution in [0.25, 0.3) is 16.5 Å². The summed E-state index contributed by atoms with van der Waals surface area (Å²) in [6, 6.07) is 4.41. The van der Waals surface area contributed by atoms with Crippen molar-refractivity contribution in [3.05, 3.63) is 35.7 Å². The summed E-state index contributed by atoms with van der Waals surface area (Å²) in [7, 11) is 0. The van der Waals surface area contributed by atoms with E-state index in [2.05, 4.69) is 46.9 Å². The highest BCUT2D eigenvalue weighted by atomic mass is 16.5. The van der Waals surface area contributed by atoms with Gasteiger partial charge in [-0.2, -0.15) is 0 Å². The number of ether oxygens (including phenoxy) is 1. The zero-order valence-corrected chi connectivity index (χ0v) is 15.6. The van der Waals surface area contributed by atoms with E-state index in [4.69, 9.17) is 9.72 Å². The van der Waals surface area contributed by atoms with Crippen molar-refractivity contribution in [2.24, 2.45) is 4.99 Å². The molecule has 1 atom stereocenters. The van der Waals surface area contributed by atoms with Gasteiger partial charge in [0.25, 0.3) is 0 Å². The van der Waals surface area contributed by atoms with E-state index in [0.29, 0.717) is 12.5 Å². The SMILES string of the molecule is CCCC(C)c1cc(N2CCOCC2)nc2c(C3=CC=NC3)nccc12. The van der Waals surface area contributed by atoms with E-state index in [1.165, 1.54) is 23.8 Å². The predicted molar refractivity (Wildman–Crippen MR) is 107 cm³/mol. The summed E-state index contributed by atoms with van der Waals surface area (Å²) in [4.78, 5) is 16.4. The van der Waals surface area contributed by atoms with E-state index in [0.717, 1.165) is 48.9 Å². The standard InChI is InChI=1S/C21H26N4O/c1-3-4-15(2)18-13-19(25-9-11-26-12-10-25)24-21-17(18)6-8-23-20(21)16-5-7-22-14-16/h5-8,13,15H,3-4,9-12,14H2,1-2H3. The van der Waals surface area contributed by atoms with E-state index >= 15 is 0 Å². The minimum atomic E-state index is 0.495. The van der Waals surface area contributed by atoms with Gasteiger partial charge in [0, 0.05) is 36.5 Å². The molecule has 0 spiro atoms. The lowest BCUT2D eigenvalue weighted by Gasteiger charge is -2.29. The zero-order chi connectivity index (χ0) is 17.9. The number of anilines is 1. The third-order valence-electron chi connectivity index (χ3n) is 5.28. The van der Waals surface area contributed by atoms with Gasteiger partial charge in [-0.15, -0.1) is 0 Å². The second-order valence-electron chi connectivity index (χ2n) is 7.10. The molecule has 2 aromatic heterocycles. The number of allylic oxidation sites excluding steroid dienone is 1. The molecule has 5 nitrogen and oxygen atoms in total. The molecule has 1 fully saturated rings. The first kappa shape index (κ1) is 17.2. The Bertz CT molecular complexity index is 852. The molecule has 0 amide bonds. The summed E-state index contributed by atoms with van der Waals surface area (Å²) in [6.07, 6.45) is 8.18. The van der Waals surface area contributed by atoms with Gasteiger partial charge in [0.05, 0.1) is 31.0 Å². The molecule has 1 unspecified atom stereocenters. The Kier molecular flexibility index (Phi) is 4.98. The van der Waals surface area contributed by atoms with E-state index in [9.17, 15) is 0 Å². The van der Waals surface area contributed by atoms with Crippen LogP contribution >= 0.6 is 0 Å². The molecule has 136 valence electrons. The number of aliphatic imine (C=N–C) groups is 1. The summed E-state index contributed by atoms with van der Waals surface area (Å²) in [6.45, 7) is 8.56. The monoisotopic (exact) mass is 350 g/mol. The lowest BCUT2D eigenvalue weighted by atomic mass is 9.92. The highest BCUT2D eigenvalue weighted by Crippen LogP contribution is 2.34. The Labute approximate surface area is 154 Å². The lowest BCUT2D eigenvalue weighted by Crippen LogP contribution is -2.36. The van der Waals surface area contributed by atoms with Crippen molar-refractivity contribution >= 4 is 28.5 Å². The first-order chi connectivity index (χ1) is 12.8. The van der Waals surface area contributed by atoms with Gasteiger partial charge in [0.15, 0.2) is 0 Å². The molecular weight excluding hydrogens is 324 g/mol. The maximum absolute atomic E-state index is 5.52. The molecule has 0 N–H and O–H groups in total. The first-order valence-corrected chi connectivity index (χ1v) is 9.59. The maximum Gasteiger partial charge on any atom is 0.129 e. The Hall–Kier alpha value is -2.27. The van der Waals surface area contributed by atoms with E-state index in [1.54, 1.807) is 0 Å². The second kappa shape index (κ2) is 7.54. The highest BCUT2D eigenvalue weighted by Gasteiger charge is 2.20. The van der Waals surface area contributed by atoms with Crippen molar-refractivity contribution in [3.8, 4) is 0 Å². The number of fused-ring (bicyclic) bond motifs is 1. The normalized spacial score (nSPS) is 18.4. The Balaban J connectivity index is 1.88. The van der Waals surface area contributed by atoms with Crippen LogP contribution in [0.1, 0.15) is 43.9 Å². The maximum atomic E-state index is 5.52. The summed E-state index contributed by atoms with van der Waals surface area (Å²) in [5.74, 6) is 1.54. The molecule has 5 heteroatoms. The molecule has 0 aliphatic carbocycles. The molecule has 0 aromatic carbocycles. The fourth-order valence-electron chi connectivity index (χ4n) is 3.85. The summed E-state index contributed by atoms with van der Waals surface area (Å²) >= 11 is 0. The van der Waals surface area contributed by atoms with Gasteiger partial charge >= 0.3 is 0 Å². The fourth-order valence-corrected chi connectivity index (χ4v) is 3.85. The van der Waals surface area contributed by atoms with Crippen LogP contribution in [0.5, 0.6) is 0 Å². The van der Waals surface area contributed by atoms with E-state index in [1.807, 2.05) is 12.4 Å². The predicted octanol–water partition coefficient (Wildman–Crippen LogP) is 3.84.